The minimum absolute atomic E-state index is 0.276. The van der Waals surface area contributed by atoms with Crippen LogP contribution in [0.3, 0.4) is 0 Å². The van der Waals surface area contributed by atoms with E-state index in [1.807, 2.05) is 30.3 Å². The van der Waals surface area contributed by atoms with Gasteiger partial charge in [0.2, 0.25) is 0 Å². The largest absolute Gasteiger partial charge is 0.524 e. The van der Waals surface area contributed by atoms with Crippen LogP contribution in [0.2, 0.25) is 0 Å². The quantitative estimate of drug-likeness (QED) is 0.474. The zero-order chi connectivity index (χ0) is 14.4. The molecule has 0 heterocycles. The minimum atomic E-state index is -1.13. The third kappa shape index (κ3) is 3.58. The number of methoxy groups -OCH3 is 1. The summed E-state index contributed by atoms with van der Waals surface area (Å²) in [5, 5.41) is 0. The van der Waals surface area contributed by atoms with Crippen molar-refractivity contribution in [2.45, 2.75) is 0 Å². The molecule has 2 aromatic rings. The van der Waals surface area contributed by atoms with Crippen molar-refractivity contribution >= 4 is 12.3 Å². The van der Waals surface area contributed by atoms with Gasteiger partial charge >= 0.3 is 12.3 Å². The van der Waals surface area contributed by atoms with Crippen LogP contribution in [0, 0.1) is 0 Å². The Morgan fingerprint density at radius 1 is 0.800 bits per heavy atom. The molecule has 0 radical (unpaired) electrons. The van der Waals surface area contributed by atoms with E-state index in [0.717, 1.165) is 18.2 Å². The Kier molecular flexibility index (Phi) is 4.34. The summed E-state index contributed by atoms with van der Waals surface area (Å²) in [6, 6.07) is 16.6. The number of benzene rings is 2. The van der Waals surface area contributed by atoms with Gasteiger partial charge in [-0.25, -0.2) is 9.59 Å². The summed E-state index contributed by atoms with van der Waals surface area (Å²) in [4.78, 5) is 21.9. The lowest BCUT2D eigenvalue weighted by Gasteiger charge is -2.05. The van der Waals surface area contributed by atoms with Gasteiger partial charge in [-0.15, -0.1) is 0 Å². The fourth-order valence-corrected chi connectivity index (χ4v) is 1.57. The lowest BCUT2D eigenvalue weighted by molar-refractivity contribution is 0.0715. The molecule has 0 aromatic heterocycles. The van der Waals surface area contributed by atoms with Gasteiger partial charge in [0, 0.05) is 0 Å². The van der Waals surface area contributed by atoms with E-state index in [4.69, 9.17) is 4.74 Å². The van der Waals surface area contributed by atoms with Crippen molar-refractivity contribution in [3.8, 4) is 16.9 Å². The average molecular weight is 272 g/mol. The first-order chi connectivity index (χ1) is 9.69. The van der Waals surface area contributed by atoms with E-state index in [0.29, 0.717) is 0 Å². The van der Waals surface area contributed by atoms with Crippen LogP contribution in [0.25, 0.3) is 11.1 Å². The second-order valence-electron chi connectivity index (χ2n) is 3.80. The van der Waals surface area contributed by atoms with Crippen molar-refractivity contribution in [3.05, 3.63) is 54.6 Å². The maximum absolute atomic E-state index is 11.2. The summed E-state index contributed by atoms with van der Waals surface area (Å²) < 4.78 is 13.2. The molecule has 0 aliphatic heterocycles. The molecule has 0 aliphatic carbocycles. The molecular formula is C15H12O5. The van der Waals surface area contributed by atoms with Crippen LogP contribution in [0.15, 0.2) is 54.6 Å². The fraction of sp³-hybridized carbons (Fsp3) is 0.0667. The van der Waals surface area contributed by atoms with Gasteiger partial charge in [0.15, 0.2) is 0 Å². The molecule has 5 nitrogen and oxygen atoms in total. The molecule has 0 bridgehead atoms. The van der Waals surface area contributed by atoms with Gasteiger partial charge in [-0.05, 0) is 23.3 Å². The molecule has 0 aliphatic rings. The van der Waals surface area contributed by atoms with E-state index in [-0.39, 0.29) is 5.75 Å². The van der Waals surface area contributed by atoms with Gasteiger partial charge in [-0.2, -0.15) is 0 Å². The highest BCUT2D eigenvalue weighted by Gasteiger charge is 2.12. The normalized spacial score (nSPS) is 9.65. The SMILES string of the molecule is COC(=O)OC(=O)Oc1ccc(-c2ccccc2)cc1. The predicted molar refractivity (Wildman–Crippen MR) is 71.4 cm³/mol. The van der Waals surface area contributed by atoms with E-state index in [2.05, 4.69) is 9.47 Å². The summed E-state index contributed by atoms with van der Waals surface area (Å²) in [6.07, 6.45) is -2.25. The zero-order valence-electron chi connectivity index (χ0n) is 10.7. The maximum atomic E-state index is 11.2. The van der Waals surface area contributed by atoms with Gasteiger partial charge in [-0.1, -0.05) is 42.5 Å². The number of ether oxygens (including phenoxy) is 3. The van der Waals surface area contributed by atoms with Crippen LogP contribution < -0.4 is 4.74 Å². The number of carbonyl (C=O) groups excluding carboxylic acids is 2. The lowest BCUT2D eigenvalue weighted by Crippen LogP contribution is -2.15. The molecule has 0 spiro atoms. The van der Waals surface area contributed by atoms with Crippen molar-refractivity contribution in [1.29, 1.82) is 0 Å². The zero-order valence-corrected chi connectivity index (χ0v) is 10.7. The smallest absolute Gasteiger partial charge is 0.437 e. The molecule has 0 saturated heterocycles. The Hall–Kier alpha value is -2.82. The van der Waals surface area contributed by atoms with E-state index in [1.54, 1.807) is 24.3 Å². The Morgan fingerprint density at radius 2 is 1.40 bits per heavy atom. The van der Waals surface area contributed by atoms with Gasteiger partial charge in [-0.3, -0.25) is 0 Å². The van der Waals surface area contributed by atoms with Crippen molar-refractivity contribution in [1.82, 2.24) is 0 Å². The highest BCUT2D eigenvalue weighted by Crippen LogP contribution is 2.22. The molecule has 0 unspecified atom stereocenters. The summed E-state index contributed by atoms with van der Waals surface area (Å²) in [5.74, 6) is 0.276. The number of rotatable bonds is 2. The van der Waals surface area contributed by atoms with Crippen LogP contribution in [0.4, 0.5) is 9.59 Å². The van der Waals surface area contributed by atoms with Crippen molar-refractivity contribution in [2.24, 2.45) is 0 Å². The first kappa shape index (κ1) is 13.6. The summed E-state index contributed by atoms with van der Waals surface area (Å²) in [7, 11) is 1.10. The third-order valence-corrected chi connectivity index (χ3v) is 2.50. The van der Waals surface area contributed by atoms with E-state index >= 15 is 0 Å². The number of hydrogen-bond donors (Lipinski definition) is 0. The van der Waals surface area contributed by atoms with E-state index < -0.39 is 12.3 Å². The monoisotopic (exact) mass is 272 g/mol. The maximum Gasteiger partial charge on any atom is 0.524 e. The Labute approximate surface area is 115 Å². The standard InChI is InChI=1S/C15H12O5/c1-18-14(16)20-15(17)19-13-9-7-12(8-10-13)11-5-3-2-4-6-11/h2-10H,1H3. The van der Waals surface area contributed by atoms with Crippen molar-refractivity contribution in [3.63, 3.8) is 0 Å². The molecule has 2 rings (SSSR count). The summed E-state index contributed by atoms with van der Waals surface area (Å²) in [5.41, 5.74) is 2.04. The van der Waals surface area contributed by atoms with Crippen LogP contribution in [0.1, 0.15) is 0 Å². The summed E-state index contributed by atoms with van der Waals surface area (Å²) >= 11 is 0. The van der Waals surface area contributed by atoms with Gasteiger partial charge in [0.05, 0.1) is 7.11 Å². The second kappa shape index (κ2) is 6.38. The first-order valence-electron chi connectivity index (χ1n) is 5.82. The molecule has 102 valence electrons. The van der Waals surface area contributed by atoms with E-state index in [1.165, 1.54) is 0 Å². The van der Waals surface area contributed by atoms with Crippen LogP contribution in [-0.4, -0.2) is 19.4 Å². The predicted octanol–water partition coefficient (Wildman–Crippen LogP) is 3.64. The van der Waals surface area contributed by atoms with Crippen LogP contribution in [-0.2, 0) is 9.47 Å². The van der Waals surface area contributed by atoms with Crippen molar-refractivity contribution in [2.75, 3.05) is 7.11 Å². The molecular weight excluding hydrogens is 260 g/mol. The van der Waals surface area contributed by atoms with Gasteiger partial charge in [0.1, 0.15) is 5.75 Å². The molecule has 0 saturated carbocycles. The third-order valence-electron chi connectivity index (χ3n) is 2.50. The molecule has 0 atom stereocenters. The molecule has 0 fully saturated rings. The molecule has 20 heavy (non-hydrogen) atoms. The van der Waals surface area contributed by atoms with Crippen molar-refractivity contribution < 1.29 is 23.8 Å². The molecule has 2 aromatic carbocycles. The van der Waals surface area contributed by atoms with Gasteiger partial charge < -0.3 is 14.2 Å². The fourth-order valence-electron chi connectivity index (χ4n) is 1.57. The Bertz CT molecular complexity index is 589. The molecule has 5 heteroatoms. The molecule has 0 amide bonds. The van der Waals surface area contributed by atoms with Crippen LogP contribution >= 0.6 is 0 Å². The summed E-state index contributed by atoms with van der Waals surface area (Å²) in [6.45, 7) is 0. The van der Waals surface area contributed by atoms with Crippen LogP contribution in [0.5, 0.6) is 5.75 Å². The average Bonchev–Trinajstić information content (AvgIpc) is 2.48. The van der Waals surface area contributed by atoms with Gasteiger partial charge in [0.25, 0.3) is 0 Å². The highest BCUT2D eigenvalue weighted by molar-refractivity contribution is 5.78. The topological polar surface area (TPSA) is 61.8 Å². The Balaban J connectivity index is 2.02. The molecule has 0 N–H and O–H groups in total. The van der Waals surface area contributed by atoms with E-state index in [9.17, 15) is 9.59 Å². The highest BCUT2D eigenvalue weighted by atomic mass is 16.8. The minimum Gasteiger partial charge on any atom is -0.437 e. The lowest BCUT2D eigenvalue weighted by atomic mass is 10.1. The first-order valence-corrected chi connectivity index (χ1v) is 5.82. The number of hydrogen-bond acceptors (Lipinski definition) is 5. The number of carbonyl (C=O) groups is 2. The second-order valence-corrected chi connectivity index (χ2v) is 3.80. The Morgan fingerprint density at radius 3 is 2.00 bits per heavy atom.